The SMILES string of the molecule is Cc1ncc2[nH]ncc2c1C(C)C. The minimum Gasteiger partial charge on any atom is -0.276 e. The van der Waals surface area contributed by atoms with E-state index in [1.807, 2.05) is 19.3 Å². The molecule has 1 N–H and O–H groups in total. The first-order valence-electron chi connectivity index (χ1n) is 4.48. The molecular weight excluding hydrogens is 162 g/mol. The molecule has 0 saturated heterocycles. The number of pyridine rings is 1. The van der Waals surface area contributed by atoms with Crippen LogP contribution in [-0.2, 0) is 0 Å². The van der Waals surface area contributed by atoms with Gasteiger partial charge in [-0.1, -0.05) is 13.8 Å². The summed E-state index contributed by atoms with van der Waals surface area (Å²) in [6.45, 7) is 6.40. The van der Waals surface area contributed by atoms with Gasteiger partial charge in [0.25, 0.3) is 0 Å². The van der Waals surface area contributed by atoms with Crippen molar-refractivity contribution in [3.63, 3.8) is 0 Å². The molecule has 2 heterocycles. The number of hydrogen-bond acceptors (Lipinski definition) is 2. The van der Waals surface area contributed by atoms with Gasteiger partial charge in [-0.05, 0) is 18.4 Å². The van der Waals surface area contributed by atoms with Crippen molar-refractivity contribution >= 4 is 10.9 Å². The van der Waals surface area contributed by atoms with Crippen LogP contribution in [0.2, 0.25) is 0 Å². The lowest BCUT2D eigenvalue weighted by molar-refractivity contribution is 0.854. The fraction of sp³-hybridized carbons (Fsp3) is 0.400. The quantitative estimate of drug-likeness (QED) is 0.723. The summed E-state index contributed by atoms with van der Waals surface area (Å²) in [6, 6.07) is 0. The standard InChI is InChI=1S/C10H13N3/c1-6(2)10-7(3)11-5-9-8(10)4-12-13-9/h4-6H,1-3H3,(H,12,13). The smallest absolute Gasteiger partial charge is 0.0836 e. The maximum atomic E-state index is 4.33. The molecule has 3 nitrogen and oxygen atoms in total. The maximum Gasteiger partial charge on any atom is 0.0836 e. The van der Waals surface area contributed by atoms with Crippen LogP contribution in [0.1, 0.15) is 31.0 Å². The largest absolute Gasteiger partial charge is 0.276 e. The van der Waals surface area contributed by atoms with E-state index in [1.54, 1.807) is 0 Å². The number of nitrogens with zero attached hydrogens (tertiary/aromatic N) is 2. The van der Waals surface area contributed by atoms with Gasteiger partial charge >= 0.3 is 0 Å². The zero-order chi connectivity index (χ0) is 9.42. The van der Waals surface area contributed by atoms with Gasteiger partial charge in [-0.25, -0.2) is 0 Å². The zero-order valence-corrected chi connectivity index (χ0v) is 8.13. The number of nitrogens with one attached hydrogen (secondary N) is 1. The van der Waals surface area contributed by atoms with Crippen LogP contribution in [0.25, 0.3) is 10.9 Å². The Hall–Kier alpha value is -1.38. The van der Waals surface area contributed by atoms with Gasteiger partial charge in [-0.2, -0.15) is 5.10 Å². The van der Waals surface area contributed by atoms with Crippen molar-refractivity contribution in [2.45, 2.75) is 26.7 Å². The van der Waals surface area contributed by atoms with Crippen molar-refractivity contribution in [2.24, 2.45) is 0 Å². The number of H-pyrrole nitrogens is 1. The van der Waals surface area contributed by atoms with Crippen molar-refractivity contribution < 1.29 is 0 Å². The molecule has 13 heavy (non-hydrogen) atoms. The van der Waals surface area contributed by atoms with E-state index in [9.17, 15) is 0 Å². The third kappa shape index (κ3) is 1.20. The molecule has 0 fully saturated rings. The van der Waals surface area contributed by atoms with E-state index in [1.165, 1.54) is 10.9 Å². The molecule has 0 aliphatic heterocycles. The van der Waals surface area contributed by atoms with Gasteiger partial charge in [0, 0.05) is 11.1 Å². The summed E-state index contributed by atoms with van der Waals surface area (Å²) >= 11 is 0. The molecule has 2 aromatic heterocycles. The fourth-order valence-electron chi connectivity index (χ4n) is 1.76. The van der Waals surface area contributed by atoms with Crippen LogP contribution in [0, 0.1) is 6.92 Å². The number of rotatable bonds is 1. The number of hydrogen-bond donors (Lipinski definition) is 1. The van der Waals surface area contributed by atoms with E-state index >= 15 is 0 Å². The second-order valence-electron chi connectivity index (χ2n) is 3.61. The second kappa shape index (κ2) is 2.83. The molecule has 2 rings (SSSR count). The Labute approximate surface area is 77.2 Å². The highest BCUT2D eigenvalue weighted by molar-refractivity contribution is 5.81. The number of aryl methyl sites for hydroxylation is 1. The van der Waals surface area contributed by atoms with Crippen molar-refractivity contribution in [1.82, 2.24) is 15.2 Å². The molecule has 0 spiro atoms. The molecule has 0 saturated carbocycles. The highest BCUT2D eigenvalue weighted by atomic mass is 15.1. The summed E-state index contributed by atoms with van der Waals surface area (Å²) in [7, 11) is 0. The van der Waals surface area contributed by atoms with Crippen molar-refractivity contribution in [3.05, 3.63) is 23.7 Å². The predicted molar refractivity (Wildman–Crippen MR) is 52.7 cm³/mol. The first-order chi connectivity index (χ1) is 6.20. The van der Waals surface area contributed by atoms with Gasteiger partial charge < -0.3 is 0 Å². The number of aromatic nitrogens is 3. The summed E-state index contributed by atoms with van der Waals surface area (Å²) in [5.74, 6) is 0.494. The summed E-state index contributed by atoms with van der Waals surface area (Å²) < 4.78 is 0. The Morgan fingerprint density at radius 3 is 2.77 bits per heavy atom. The van der Waals surface area contributed by atoms with E-state index in [2.05, 4.69) is 29.0 Å². The van der Waals surface area contributed by atoms with E-state index in [0.717, 1.165) is 11.2 Å². The molecule has 0 unspecified atom stereocenters. The third-order valence-electron chi connectivity index (χ3n) is 2.31. The highest BCUT2D eigenvalue weighted by Crippen LogP contribution is 2.25. The Kier molecular flexibility index (Phi) is 1.79. The van der Waals surface area contributed by atoms with Crippen LogP contribution in [0.4, 0.5) is 0 Å². The lowest BCUT2D eigenvalue weighted by Crippen LogP contribution is -1.95. The first-order valence-corrected chi connectivity index (χ1v) is 4.48. The fourth-order valence-corrected chi connectivity index (χ4v) is 1.76. The van der Waals surface area contributed by atoms with E-state index in [0.29, 0.717) is 5.92 Å². The van der Waals surface area contributed by atoms with E-state index < -0.39 is 0 Å². The molecule has 0 aromatic carbocycles. The number of aromatic amines is 1. The molecule has 2 aromatic rings. The van der Waals surface area contributed by atoms with Crippen LogP contribution < -0.4 is 0 Å². The Morgan fingerprint density at radius 1 is 1.31 bits per heavy atom. The topological polar surface area (TPSA) is 41.6 Å². The molecule has 0 amide bonds. The lowest BCUT2D eigenvalue weighted by Gasteiger charge is -2.09. The van der Waals surface area contributed by atoms with Crippen LogP contribution in [0.3, 0.4) is 0 Å². The molecule has 0 aliphatic carbocycles. The van der Waals surface area contributed by atoms with E-state index in [-0.39, 0.29) is 0 Å². The second-order valence-corrected chi connectivity index (χ2v) is 3.61. The molecule has 3 heteroatoms. The van der Waals surface area contributed by atoms with Gasteiger partial charge in [0.05, 0.1) is 17.9 Å². The molecule has 0 aliphatic rings. The first kappa shape index (κ1) is 8.23. The van der Waals surface area contributed by atoms with Crippen molar-refractivity contribution in [1.29, 1.82) is 0 Å². The average Bonchev–Trinajstić information content (AvgIpc) is 2.50. The van der Waals surface area contributed by atoms with Gasteiger partial charge in [-0.15, -0.1) is 0 Å². The molecule has 0 radical (unpaired) electrons. The highest BCUT2D eigenvalue weighted by Gasteiger charge is 2.10. The summed E-state index contributed by atoms with van der Waals surface area (Å²) in [5, 5.41) is 8.15. The summed E-state index contributed by atoms with van der Waals surface area (Å²) in [4.78, 5) is 4.33. The Morgan fingerprint density at radius 2 is 2.08 bits per heavy atom. The van der Waals surface area contributed by atoms with Gasteiger partial charge in [0.15, 0.2) is 0 Å². The Bertz CT molecular complexity index is 429. The number of fused-ring (bicyclic) bond motifs is 1. The minimum atomic E-state index is 0.494. The third-order valence-corrected chi connectivity index (χ3v) is 2.31. The van der Waals surface area contributed by atoms with Gasteiger partial charge in [0.1, 0.15) is 0 Å². The lowest BCUT2D eigenvalue weighted by atomic mass is 9.99. The average molecular weight is 175 g/mol. The summed E-state index contributed by atoms with van der Waals surface area (Å²) in [5.41, 5.74) is 3.42. The minimum absolute atomic E-state index is 0.494. The van der Waals surface area contributed by atoms with Gasteiger partial charge in [0.2, 0.25) is 0 Å². The maximum absolute atomic E-state index is 4.33. The van der Waals surface area contributed by atoms with E-state index in [4.69, 9.17) is 0 Å². The summed E-state index contributed by atoms with van der Waals surface area (Å²) in [6.07, 6.45) is 3.71. The predicted octanol–water partition coefficient (Wildman–Crippen LogP) is 2.39. The van der Waals surface area contributed by atoms with Gasteiger partial charge in [-0.3, -0.25) is 10.1 Å². The molecular formula is C10H13N3. The normalized spacial score (nSPS) is 11.4. The molecule has 0 atom stereocenters. The zero-order valence-electron chi connectivity index (χ0n) is 8.13. The van der Waals surface area contributed by atoms with Crippen LogP contribution in [0.15, 0.2) is 12.4 Å². The molecule has 68 valence electrons. The van der Waals surface area contributed by atoms with Crippen LogP contribution in [-0.4, -0.2) is 15.2 Å². The van der Waals surface area contributed by atoms with Crippen LogP contribution >= 0.6 is 0 Å². The monoisotopic (exact) mass is 175 g/mol. The molecule has 0 bridgehead atoms. The van der Waals surface area contributed by atoms with Crippen molar-refractivity contribution in [2.75, 3.05) is 0 Å². The van der Waals surface area contributed by atoms with Crippen molar-refractivity contribution in [3.8, 4) is 0 Å². The van der Waals surface area contributed by atoms with Crippen LogP contribution in [0.5, 0.6) is 0 Å². The Balaban J connectivity index is 2.80.